The third-order valence-electron chi connectivity index (χ3n) is 4.22. The summed E-state index contributed by atoms with van der Waals surface area (Å²) < 4.78 is 0. The summed E-state index contributed by atoms with van der Waals surface area (Å²) in [7, 11) is 0. The summed E-state index contributed by atoms with van der Waals surface area (Å²) >= 11 is 0. The van der Waals surface area contributed by atoms with Crippen molar-refractivity contribution in [3.05, 3.63) is 39.9 Å². The van der Waals surface area contributed by atoms with Crippen LogP contribution in [0.5, 0.6) is 0 Å². The third kappa shape index (κ3) is 4.83. The number of hydrogen-bond donors (Lipinski definition) is 1. The molecule has 0 aliphatic rings. The van der Waals surface area contributed by atoms with Gasteiger partial charge >= 0.3 is 5.97 Å². The molecular weight excluding hydrogens is 282 g/mol. The Bertz CT molecular complexity index is 498. The van der Waals surface area contributed by atoms with Crippen LogP contribution in [0.25, 0.3) is 0 Å². The molecular formula is C17H25NO4. The molecule has 1 atom stereocenters. The summed E-state index contributed by atoms with van der Waals surface area (Å²) in [6.45, 7) is 3.86. The van der Waals surface area contributed by atoms with Gasteiger partial charge in [0.2, 0.25) is 0 Å². The molecule has 1 N–H and O–H groups in total. The lowest BCUT2D eigenvalue weighted by Crippen LogP contribution is -2.32. The van der Waals surface area contributed by atoms with Crippen molar-refractivity contribution in [1.29, 1.82) is 0 Å². The second-order valence-corrected chi connectivity index (χ2v) is 5.96. The minimum absolute atomic E-state index is 0.0175. The Kier molecular flexibility index (Phi) is 7.02. The molecule has 5 heteroatoms. The Labute approximate surface area is 131 Å². The van der Waals surface area contributed by atoms with E-state index in [1.54, 1.807) is 19.1 Å². The zero-order valence-electron chi connectivity index (χ0n) is 13.4. The standard InChI is InChI=1S/C17H25NO4/c1-3-4-5-6-7-8-13-17(2,16(19)20)14-9-11-15(12-10-14)18(21)22/h9-12H,3-8,13H2,1-2H3,(H,19,20). The summed E-state index contributed by atoms with van der Waals surface area (Å²) in [5, 5.41) is 20.3. The number of nitro groups is 1. The molecule has 1 rings (SSSR count). The van der Waals surface area contributed by atoms with Gasteiger partial charge in [-0.2, -0.15) is 0 Å². The number of carbonyl (C=O) groups is 1. The van der Waals surface area contributed by atoms with E-state index >= 15 is 0 Å². The van der Waals surface area contributed by atoms with E-state index in [1.807, 2.05) is 0 Å². The van der Waals surface area contributed by atoms with E-state index in [4.69, 9.17) is 0 Å². The largest absolute Gasteiger partial charge is 0.481 e. The molecule has 0 bridgehead atoms. The summed E-state index contributed by atoms with van der Waals surface area (Å²) in [5.41, 5.74) is -0.380. The quantitative estimate of drug-likeness (QED) is 0.386. The number of unbranched alkanes of at least 4 members (excludes halogenated alkanes) is 5. The van der Waals surface area contributed by atoms with Gasteiger partial charge in [-0.15, -0.1) is 0 Å². The van der Waals surface area contributed by atoms with Crippen molar-refractivity contribution >= 4 is 11.7 Å². The topological polar surface area (TPSA) is 80.4 Å². The van der Waals surface area contributed by atoms with Crippen LogP contribution in [0.15, 0.2) is 24.3 Å². The monoisotopic (exact) mass is 307 g/mol. The number of non-ortho nitro benzene ring substituents is 1. The summed E-state index contributed by atoms with van der Waals surface area (Å²) in [6, 6.07) is 5.86. The van der Waals surface area contributed by atoms with Crippen LogP contribution in [0.2, 0.25) is 0 Å². The lowest BCUT2D eigenvalue weighted by atomic mass is 9.78. The van der Waals surface area contributed by atoms with Gasteiger partial charge < -0.3 is 5.11 Å². The van der Waals surface area contributed by atoms with Crippen LogP contribution in [0.1, 0.15) is 64.4 Å². The van der Waals surface area contributed by atoms with Crippen molar-refractivity contribution in [2.24, 2.45) is 0 Å². The van der Waals surface area contributed by atoms with Gasteiger partial charge in [-0.25, -0.2) is 0 Å². The van der Waals surface area contributed by atoms with E-state index in [1.165, 1.54) is 31.4 Å². The summed E-state index contributed by atoms with van der Waals surface area (Å²) in [4.78, 5) is 21.9. The van der Waals surface area contributed by atoms with E-state index in [0.29, 0.717) is 12.0 Å². The van der Waals surface area contributed by atoms with Crippen LogP contribution in [0, 0.1) is 10.1 Å². The number of nitrogens with zero attached hydrogens (tertiary/aromatic N) is 1. The molecule has 0 aliphatic carbocycles. The van der Waals surface area contributed by atoms with Gasteiger partial charge in [-0.1, -0.05) is 57.6 Å². The predicted molar refractivity (Wildman–Crippen MR) is 86.1 cm³/mol. The second kappa shape index (κ2) is 8.51. The molecule has 0 radical (unpaired) electrons. The molecule has 0 aliphatic heterocycles. The minimum atomic E-state index is -0.986. The van der Waals surface area contributed by atoms with Crippen molar-refractivity contribution in [3.63, 3.8) is 0 Å². The van der Waals surface area contributed by atoms with Crippen molar-refractivity contribution in [2.75, 3.05) is 0 Å². The average molecular weight is 307 g/mol. The zero-order valence-corrected chi connectivity index (χ0v) is 13.4. The van der Waals surface area contributed by atoms with Crippen LogP contribution in [0.4, 0.5) is 5.69 Å². The highest BCUT2D eigenvalue weighted by Crippen LogP contribution is 2.31. The van der Waals surface area contributed by atoms with Crippen molar-refractivity contribution < 1.29 is 14.8 Å². The first kappa shape index (κ1) is 18.1. The Morgan fingerprint density at radius 3 is 2.18 bits per heavy atom. The van der Waals surface area contributed by atoms with Crippen molar-refractivity contribution in [2.45, 2.75) is 64.2 Å². The van der Waals surface area contributed by atoms with E-state index in [2.05, 4.69) is 6.92 Å². The van der Waals surface area contributed by atoms with E-state index < -0.39 is 16.3 Å². The zero-order chi connectivity index (χ0) is 16.6. The van der Waals surface area contributed by atoms with Crippen LogP contribution in [-0.4, -0.2) is 16.0 Å². The smallest absolute Gasteiger partial charge is 0.313 e. The molecule has 0 spiro atoms. The number of benzene rings is 1. The molecule has 5 nitrogen and oxygen atoms in total. The highest BCUT2D eigenvalue weighted by Gasteiger charge is 2.34. The summed E-state index contributed by atoms with van der Waals surface area (Å²) in [5.74, 6) is -0.880. The van der Waals surface area contributed by atoms with Gasteiger partial charge in [0.25, 0.3) is 5.69 Å². The normalized spacial score (nSPS) is 13.5. The number of carboxylic acids is 1. The molecule has 0 saturated carbocycles. The van der Waals surface area contributed by atoms with Crippen LogP contribution in [0.3, 0.4) is 0 Å². The van der Waals surface area contributed by atoms with Crippen molar-refractivity contribution in [3.8, 4) is 0 Å². The molecule has 0 aromatic heterocycles. The summed E-state index contributed by atoms with van der Waals surface area (Å²) in [6.07, 6.45) is 7.15. The van der Waals surface area contributed by atoms with Crippen molar-refractivity contribution in [1.82, 2.24) is 0 Å². The fourth-order valence-corrected chi connectivity index (χ4v) is 2.58. The first-order chi connectivity index (χ1) is 10.4. The first-order valence-corrected chi connectivity index (χ1v) is 7.90. The number of hydrogen-bond acceptors (Lipinski definition) is 3. The molecule has 1 unspecified atom stereocenters. The van der Waals surface area contributed by atoms with E-state index in [9.17, 15) is 20.0 Å². The Hall–Kier alpha value is -1.91. The van der Waals surface area contributed by atoms with E-state index in [-0.39, 0.29) is 5.69 Å². The fraction of sp³-hybridized carbons (Fsp3) is 0.588. The van der Waals surface area contributed by atoms with Gasteiger partial charge in [-0.3, -0.25) is 14.9 Å². The van der Waals surface area contributed by atoms with Gasteiger partial charge in [0.1, 0.15) is 0 Å². The average Bonchev–Trinajstić information content (AvgIpc) is 2.50. The molecule has 22 heavy (non-hydrogen) atoms. The van der Waals surface area contributed by atoms with E-state index in [0.717, 1.165) is 19.3 Å². The van der Waals surface area contributed by atoms with Crippen LogP contribution >= 0.6 is 0 Å². The van der Waals surface area contributed by atoms with Crippen LogP contribution < -0.4 is 0 Å². The maximum Gasteiger partial charge on any atom is 0.313 e. The maximum atomic E-state index is 11.7. The van der Waals surface area contributed by atoms with Gasteiger partial charge in [0.15, 0.2) is 0 Å². The molecule has 122 valence electrons. The highest BCUT2D eigenvalue weighted by molar-refractivity contribution is 5.80. The molecule has 0 saturated heterocycles. The highest BCUT2D eigenvalue weighted by atomic mass is 16.6. The molecule has 0 amide bonds. The van der Waals surface area contributed by atoms with Gasteiger partial charge in [0, 0.05) is 12.1 Å². The number of nitro benzene ring substituents is 1. The van der Waals surface area contributed by atoms with Gasteiger partial charge in [0.05, 0.1) is 10.3 Å². The molecule has 1 aromatic rings. The number of rotatable bonds is 10. The Morgan fingerprint density at radius 2 is 1.68 bits per heavy atom. The Balaban J connectivity index is 2.70. The molecule has 0 fully saturated rings. The lowest BCUT2D eigenvalue weighted by Gasteiger charge is -2.25. The second-order valence-electron chi connectivity index (χ2n) is 5.96. The third-order valence-corrected chi connectivity index (χ3v) is 4.22. The maximum absolute atomic E-state index is 11.7. The first-order valence-electron chi connectivity index (χ1n) is 7.90. The molecule has 1 aromatic carbocycles. The van der Waals surface area contributed by atoms with Crippen LogP contribution in [-0.2, 0) is 10.2 Å². The fourth-order valence-electron chi connectivity index (χ4n) is 2.58. The predicted octanol–water partition coefficient (Wildman–Crippen LogP) is 4.69. The molecule has 0 heterocycles. The SMILES string of the molecule is CCCCCCCCC(C)(C(=O)O)c1ccc([N+](=O)[O-])cc1. The van der Waals surface area contributed by atoms with Gasteiger partial charge in [-0.05, 0) is 18.9 Å². The lowest BCUT2D eigenvalue weighted by molar-refractivity contribution is -0.384. The number of aliphatic carboxylic acids is 1. The minimum Gasteiger partial charge on any atom is -0.481 e. The number of carboxylic acid groups (broad SMARTS) is 1. The Morgan fingerprint density at radius 1 is 1.14 bits per heavy atom.